The number of piperidine rings is 1. The highest BCUT2D eigenvalue weighted by Crippen LogP contribution is 2.32. The second-order valence-electron chi connectivity index (χ2n) is 10.1. The van der Waals surface area contributed by atoms with Gasteiger partial charge in [0.1, 0.15) is 11.6 Å². The van der Waals surface area contributed by atoms with Crippen LogP contribution in [0.25, 0.3) is 0 Å². The van der Waals surface area contributed by atoms with Crippen LogP contribution in [0.1, 0.15) is 75.5 Å². The normalized spacial score (nSPS) is 20.1. The molecule has 0 bridgehead atoms. The number of nitrogens with zero attached hydrogens (tertiary/aromatic N) is 4. The van der Waals surface area contributed by atoms with E-state index in [0.717, 1.165) is 81.1 Å². The molecule has 184 valence electrons. The van der Waals surface area contributed by atoms with Crippen LogP contribution >= 0.6 is 0 Å². The highest BCUT2D eigenvalue weighted by molar-refractivity contribution is 5.80. The number of aromatic nitrogens is 4. The lowest BCUT2D eigenvalue weighted by Crippen LogP contribution is -2.53. The number of amides is 2. The Morgan fingerprint density at radius 3 is 2.62 bits per heavy atom. The van der Waals surface area contributed by atoms with Gasteiger partial charge in [-0.05, 0) is 51.9 Å². The summed E-state index contributed by atoms with van der Waals surface area (Å²) >= 11 is 0. The van der Waals surface area contributed by atoms with Crippen molar-refractivity contribution in [2.24, 2.45) is 5.92 Å². The summed E-state index contributed by atoms with van der Waals surface area (Å²) in [4.78, 5) is 36.3. The van der Waals surface area contributed by atoms with E-state index in [1.54, 1.807) is 6.92 Å². The second-order valence-corrected chi connectivity index (χ2v) is 10.1. The number of rotatable bonds is 7. The molecule has 9 nitrogen and oxygen atoms in total. The van der Waals surface area contributed by atoms with Crippen LogP contribution in [0.15, 0.2) is 12.1 Å². The molecule has 9 heteroatoms. The van der Waals surface area contributed by atoms with Crippen LogP contribution in [-0.2, 0) is 16.0 Å². The van der Waals surface area contributed by atoms with Crippen LogP contribution in [0.3, 0.4) is 0 Å². The summed E-state index contributed by atoms with van der Waals surface area (Å²) in [6.45, 7) is 6.93. The third-order valence-electron chi connectivity index (χ3n) is 6.96. The first kappa shape index (κ1) is 24.2. The molecule has 2 fully saturated rings. The first-order valence-electron chi connectivity index (χ1n) is 12.5. The standard InChI is InChI=1S/C25H37N7O2/c1-17-12-23(31-30-17)28-22-14-21(26-18(2)27-22)13-20-8-7-11-32(16-20)24(34)15-25(29-19(3)33)9-5-4-6-10-25/h12,14,20H,4-11,13,15-16H2,1-3H3,(H,29,33)(H2,26,27,28,30,31)/t20-/m0/s1. The average Bonchev–Trinajstić information content (AvgIpc) is 3.18. The molecule has 4 rings (SSSR count). The van der Waals surface area contributed by atoms with Crippen LogP contribution < -0.4 is 10.6 Å². The maximum Gasteiger partial charge on any atom is 0.224 e. The van der Waals surface area contributed by atoms with Gasteiger partial charge in [0.05, 0.1) is 0 Å². The Kier molecular flexibility index (Phi) is 7.48. The van der Waals surface area contributed by atoms with Gasteiger partial charge in [0, 0.05) is 55.5 Å². The first-order chi connectivity index (χ1) is 16.3. The number of nitrogens with one attached hydrogen (secondary N) is 3. The van der Waals surface area contributed by atoms with Crippen molar-refractivity contribution in [1.29, 1.82) is 0 Å². The minimum atomic E-state index is -0.372. The Labute approximate surface area is 201 Å². The molecule has 0 unspecified atom stereocenters. The van der Waals surface area contributed by atoms with Crippen molar-refractivity contribution in [3.05, 3.63) is 29.3 Å². The topological polar surface area (TPSA) is 116 Å². The molecule has 2 aromatic heterocycles. The first-order valence-corrected chi connectivity index (χ1v) is 12.5. The Hall–Kier alpha value is -2.97. The summed E-state index contributed by atoms with van der Waals surface area (Å²) in [5.41, 5.74) is 1.58. The fourth-order valence-corrected chi connectivity index (χ4v) is 5.51. The number of hydrogen-bond donors (Lipinski definition) is 3. The van der Waals surface area contributed by atoms with E-state index in [1.807, 2.05) is 30.9 Å². The predicted molar refractivity (Wildman–Crippen MR) is 131 cm³/mol. The van der Waals surface area contributed by atoms with E-state index < -0.39 is 0 Å². The molecule has 2 aliphatic rings. The number of anilines is 2. The van der Waals surface area contributed by atoms with Crippen molar-refractivity contribution in [3.63, 3.8) is 0 Å². The Bertz CT molecular complexity index is 1010. The van der Waals surface area contributed by atoms with Crippen molar-refractivity contribution >= 4 is 23.5 Å². The number of aromatic amines is 1. The Morgan fingerprint density at radius 2 is 1.91 bits per heavy atom. The second kappa shape index (κ2) is 10.5. The fourth-order valence-electron chi connectivity index (χ4n) is 5.51. The smallest absolute Gasteiger partial charge is 0.224 e. The van der Waals surface area contributed by atoms with Gasteiger partial charge in [-0.15, -0.1) is 0 Å². The minimum absolute atomic E-state index is 0.0419. The molecule has 0 radical (unpaired) electrons. The van der Waals surface area contributed by atoms with Crippen molar-refractivity contribution in [2.75, 3.05) is 18.4 Å². The van der Waals surface area contributed by atoms with Gasteiger partial charge >= 0.3 is 0 Å². The summed E-state index contributed by atoms with van der Waals surface area (Å²) in [5.74, 6) is 2.65. The van der Waals surface area contributed by atoms with E-state index in [-0.39, 0.29) is 17.4 Å². The predicted octanol–water partition coefficient (Wildman–Crippen LogP) is 3.57. The molecule has 1 saturated carbocycles. The number of likely N-dealkylation sites (tertiary alicyclic amines) is 1. The largest absolute Gasteiger partial charge is 0.350 e. The zero-order chi connectivity index (χ0) is 24.1. The zero-order valence-corrected chi connectivity index (χ0v) is 20.6. The lowest BCUT2D eigenvalue weighted by atomic mass is 9.78. The lowest BCUT2D eigenvalue weighted by molar-refractivity contribution is -0.135. The van der Waals surface area contributed by atoms with Gasteiger partial charge < -0.3 is 15.5 Å². The highest BCUT2D eigenvalue weighted by atomic mass is 16.2. The molecule has 1 atom stereocenters. The van der Waals surface area contributed by atoms with E-state index in [9.17, 15) is 9.59 Å². The van der Waals surface area contributed by atoms with Gasteiger partial charge in [0.2, 0.25) is 11.8 Å². The summed E-state index contributed by atoms with van der Waals surface area (Å²) in [5, 5.41) is 13.5. The van der Waals surface area contributed by atoms with Crippen molar-refractivity contribution < 1.29 is 9.59 Å². The molecule has 0 spiro atoms. The summed E-state index contributed by atoms with van der Waals surface area (Å²) in [6, 6.07) is 3.91. The van der Waals surface area contributed by atoms with E-state index in [0.29, 0.717) is 18.2 Å². The summed E-state index contributed by atoms with van der Waals surface area (Å²) in [7, 11) is 0. The molecule has 1 aliphatic heterocycles. The van der Waals surface area contributed by atoms with Crippen molar-refractivity contribution in [3.8, 4) is 0 Å². The fraction of sp³-hybridized carbons (Fsp3) is 0.640. The van der Waals surface area contributed by atoms with Gasteiger partial charge in [-0.3, -0.25) is 14.7 Å². The van der Waals surface area contributed by atoms with E-state index in [2.05, 4.69) is 30.8 Å². The zero-order valence-electron chi connectivity index (χ0n) is 20.6. The quantitative estimate of drug-likeness (QED) is 0.573. The molecule has 2 amide bonds. The third-order valence-corrected chi connectivity index (χ3v) is 6.96. The monoisotopic (exact) mass is 467 g/mol. The van der Waals surface area contributed by atoms with Gasteiger partial charge in [-0.1, -0.05) is 19.3 Å². The van der Waals surface area contributed by atoms with Crippen molar-refractivity contribution in [1.82, 2.24) is 30.4 Å². The number of aryl methyl sites for hydroxylation is 2. The molecule has 34 heavy (non-hydrogen) atoms. The molecule has 3 heterocycles. The van der Waals surface area contributed by atoms with Crippen LogP contribution in [0.2, 0.25) is 0 Å². The molecule has 2 aromatic rings. The van der Waals surface area contributed by atoms with Gasteiger partial charge in [-0.2, -0.15) is 5.10 Å². The van der Waals surface area contributed by atoms with Crippen LogP contribution in [0.5, 0.6) is 0 Å². The van der Waals surface area contributed by atoms with Crippen LogP contribution in [0, 0.1) is 19.8 Å². The molecule has 1 aliphatic carbocycles. The SMILES string of the molecule is CC(=O)NC1(CC(=O)N2CCC[C@@H](Cc3cc(Nc4cc(C)[nH]n4)nc(C)n3)C2)CCCCC1. The molecule has 0 aromatic carbocycles. The molecule has 1 saturated heterocycles. The van der Waals surface area contributed by atoms with Crippen molar-refractivity contribution in [2.45, 2.75) is 84.1 Å². The number of H-pyrrole nitrogens is 1. The minimum Gasteiger partial charge on any atom is -0.350 e. The molecule has 3 N–H and O–H groups in total. The Morgan fingerprint density at radius 1 is 1.12 bits per heavy atom. The number of carbonyl (C=O) groups excluding carboxylic acids is 2. The van der Waals surface area contributed by atoms with E-state index in [4.69, 9.17) is 0 Å². The van der Waals surface area contributed by atoms with E-state index in [1.165, 1.54) is 6.42 Å². The summed E-state index contributed by atoms with van der Waals surface area (Å²) < 4.78 is 0. The Balaban J connectivity index is 1.39. The number of hydrogen-bond acceptors (Lipinski definition) is 6. The van der Waals surface area contributed by atoms with Gasteiger partial charge in [-0.25, -0.2) is 9.97 Å². The van der Waals surface area contributed by atoms with E-state index >= 15 is 0 Å². The summed E-state index contributed by atoms with van der Waals surface area (Å²) in [6.07, 6.45) is 8.37. The van der Waals surface area contributed by atoms with Crippen LogP contribution in [-0.4, -0.2) is 55.5 Å². The number of carbonyl (C=O) groups is 2. The van der Waals surface area contributed by atoms with Gasteiger partial charge in [0.15, 0.2) is 5.82 Å². The third kappa shape index (κ3) is 6.33. The molecular weight excluding hydrogens is 430 g/mol. The highest BCUT2D eigenvalue weighted by Gasteiger charge is 2.37. The molecular formula is C25H37N7O2. The maximum absolute atomic E-state index is 13.3. The average molecular weight is 468 g/mol. The van der Waals surface area contributed by atoms with Gasteiger partial charge in [0.25, 0.3) is 0 Å². The van der Waals surface area contributed by atoms with Crippen LogP contribution in [0.4, 0.5) is 11.6 Å². The maximum atomic E-state index is 13.3. The lowest BCUT2D eigenvalue weighted by Gasteiger charge is -2.40.